The molecular weight excluding hydrogens is 365 g/mol. The number of pyridine rings is 1. The fourth-order valence-electron chi connectivity index (χ4n) is 2.06. The highest BCUT2D eigenvalue weighted by molar-refractivity contribution is 7.91. The van der Waals surface area contributed by atoms with Gasteiger partial charge in [-0.2, -0.15) is 0 Å². The minimum atomic E-state index is -3.79. The van der Waals surface area contributed by atoms with Gasteiger partial charge in [0.2, 0.25) is 9.84 Å². The second kappa shape index (κ2) is 5.70. The molecule has 0 aliphatic carbocycles. The van der Waals surface area contributed by atoms with E-state index in [0.717, 1.165) is 0 Å². The number of aromatic nitrogens is 1. The minimum Gasteiger partial charge on any atom is -0.253 e. The van der Waals surface area contributed by atoms with E-state index in [9.17, 15) is 8.42 Å². The zero-order valence-electron chi connectivity index (χ0n) is 10.9. The molecule has 0 radical (unpaired) electrons. The van der Waals surface area contributed by atoms with Crippen molar-refractivity contribution in [3.8, 4) is 0 Å². The summed E-state index contributed by atoms with van der Waals surface area (Å²) in [6, 6.07) is 10.9. The predicted octanol–water partition coefficient (Wildman–Crippen LogP) is 5.03. The molecule has 0 aliphatic heterocycles. The molecule has 0 N–H and O–H groups in total. The molecule has 22 heavy (non-hydrogen) atoms. The first-order chi connectivity index (χ1) is 10.4. The molecule has 0 aliphatic rings. The number of hydrogen-bond acceptors (Lipinski definition) is 3. The maximum atomic E-state index is 12.7. The van der Waals surface area contributed by atoms with Crippen molar-refractivity contribution in [3.05, 3.63) is 63.7 Å². The first-order valence-electron chi connectivity index (χ1n) is 6.14. The number of fused-ring (bicyclic) bond motifs is 1. The number of benzene rings is 2. The standard InChI is InChI=1S/C15H8Cl3NO2S/c16-9-4-6-10(7-5-9)22(20,21)13-8-19-15-11(14(13)18)2-1-3-12(15)17/h1-8H. The molecule has 0 fully saturated rings. The average Bonchev–Trinajstić information content (AvgIpc) is 2.49. The Labute approximate surface area is 142 Å². The van der Waals surface area contributed by atoms with E-state index in [4.69, 9.17) is 34.8 Å². The van der Waals surface area contributed by atoms with Gasteiger partial charge in [-0.25, -0.2) is 8.42 Å². The minimum absolute atomic E-state index is 0.0637. The summed E-state index contributed by atoms with van der Waals surface area (Å²) in [4.78, 5) is 4.16. The van der Waals surface area contributed by atoms with E-state index in [0.29, 0.717) is 20.9 Å². The summed E-state index contributed by atoms with van der Waals surface area (Å²) in [5, 5.41) is 1.45. The summed E-state index contributed by atoms with van der Waals surface area (Å²) in [6.07, 6.45) is 1.22. The lowest BCUT2D eigenvalue weighted by Crippen LogP contribution is -2.04. The molecule has 1 heterocycles. The molecule has 0 saturated carbocycles. The molecule has 0 atom stereocenters. The van der Waals surface area contributed by atoms with Crippen LogP contribution in [0, 0.1) is 0 Å². The van der Waals surface area contributed by atoms with Crippen LogP contribution in [0.15, 0.2) is 58.5 Å². The van der Waals surface area contributed by atoms with E-state index in [2.05, 4.69) is 4.98 Å². The Morgan fingerprint density at radius 1 is 0.909 bits per heavy atom. The van der Waals surface area contributed by atoms with Crippen molar-refractivity contribution in [1.82, 2.24) is 4.98 Å². The Hall–Kier alpha value is -1.33. The van der Waals surface area contributed by atoms with Gasteiger partial charge in [-0.1, -0.05) is 46.9 Å². The van der Waals surface area contributed by atoms with Crippen molar-refractivity contribution in [2.24, 2.45) is 0 Å². The molecule has 1 aromatic heterocycles. The van der Waals surface area contributed by atoms with Gasteiger partial charge in [-0.15, -0.1) is 0 Å². The zero-order valence-corrected chi connectivity index (χ0v) is 14.0. The fourth-order valence-corrected chi connectivity index (χ4v) is 4.21. The lowest BCUT2D eigenvalue weighted by Gasteiger charge is -2.09. The van der Waals surface area contributed by atoms with Crippen LogP contribution in [0.25, 0.3) is 10.9 Å². The molecule has 7 heteroatoms. The molecule has 0 spiro atoms. The van der Waals surface area contributed by atoms with E-state index in [1.165, 1.54) is 30.5 Å². The number of halogens is 3. The topological polar surface area (TPSA) is 47.0 Å². The summed E-state index contributed by atoms with van der Waals surface area (Å²) in [5.74, 6) is 0. The third-order valence-electron chi connectivity index (χ3n) is 3.16. The number of sulfone groups is 1. The zero-order chi connectivity index (χ0) is 15.9. The quantitative estimate of drug-likeness (QED) is 0.634. The van der Waals surface area contributed by atoms with Gasteiger partial charge in [0.1, 0.15) is 4.90 Å². The number of hydrogen-bond donors (Lipinski definition) is 0. The lowest BCUT2D eigenvalue weighted by molar-refractivity contribution is 0.596. The van der Waals surface area contributed by atoms with Crippen LogP contribution in [0.1, 0.15) is 0 Å². The van der Waals surface area contributed by atoms with Crippen molar-refractivity contribution >= 4 is 55.5 Å². The second-order valence-corrected chi connectivity index (χ2v) is 7.67. The first-order valence-corrected chi connectivity index (χ1v) is 8.76. The number of nitrogens with zero attached hydrogens (tertiary/aromatic N) is 1. The van der Waals surface area contributed by atoms with Crippen LogP contribution in [0.5, 0.6) is 0 Å². The summed E-state index contributed by atoms with van der Waals surface area (Å²) in [5.41, 5.74) is 0.462. The second-order valence-electron chi connectivity index (χ2n) is 4.53. The highest BCUT2D eigenvalue weighted by atomic mass is 35.5. The highest BCUT2D eigenvalue weighted by Crippen LogP contribution is 2.34. The summed E-state index contributed by atoms with van der Waals surface area (Å²) < 4.78 is 25.4. The van der Waals surface area contributed by atoms with Crippen LogP contribution >= 0.6 is 34.8 Å². The molecule has 0 unspecified atom stereocenters. The summed E-state index contributed by atoms with van der Waals surface area (Å²) >= 11 is 18.1. The monoisotopic (exact) mass is 371 g/mol. The van der Waals surface area contributed by atoms with Gasteiger partial charge >= 0.3 is 0 Å². The maximum Gasteiger partial charge on any atom is 0.209 e. The molecule has 3 nitrogen and oxygen atoms in total. The molecule has 0 bridgehead atoms. The van der Waals surface area contributed by atoms with Gasteiger partial charge in [0, 0.05) is 16.6 Å². The van der Waals surface area contributed by atoms with Crippen molar-refractivity contribution in [1.29, 1.82) is 0 Å². The van der Waals surface area contributed by atoms with E-state index in [1.807, 2.05) is 0 Å². The third-order valence-corrected chi connectivity index (χ3v) is 6.02. The average molecular weight is 373 g/mol. The molecule has 112 valence electrons. The number of rotatable bonds is 2. The van der Waals surface area contributed by atoms with E-state index < -0.39 is 9.84 Å². The number of para-hydroxylation sites is 1. The molecule has 0 amide bonds. The first kappa shape index (κ1) is 15.6. The Morgan fingerprint density at radius 2 is 1.59 bits per heavy atom. The molecule has 3 aromatic rings. The van der Waals surface area contributed by atoms with Gasteiger partial charge in [0.25, 0.3) is 0 Å². The van der Waals surface area contributed by atoms with Crippen LogP contribution < -0.4 is 0 Å². The Balaban J connectivity index is 2.26. The molecule has 0 saturated heterocycles. The van der Waals surface area contributed by atoms with Crippen molar-refractivity contribution < 1.29 is 8.42 Å². The highest BCUT2D eigenvalue weighted by Gasteiger charge is 2.23. The molecule has 3 rings (SSSR count). The van der Waals surface area contributed by atoms with Crippen LogP contribution in [-0.4, -0.2) is 13.4 Å². The van der Waals surface area contributed by atoms with Crippen molar-refractivity contribution in [3.63, 3.8) is 0 Å². The predicted molar refractivity (Wildman–Crippen MR) is 88.7 cm³/mol. The Bertz CT molecular complexity index is 970. The van der Waals surface area contributed by atoms with Crippen molar-refractivity contribution in [2.75, 3.05) is 0 Å². The largest absolute Gasteiger partial charge is 0.253 e. The lowest BCUT2D eigenvalue weighted by atomic mass is 10.2. The summed E-state index contributed by atoms with van der Waals surface area (Å²) in [7, 11) is -3.79. The van der Waals surface area contributed by atoms with Crippen molar-refractivity contribution in [2.45, 2.75) is 9.79 Å². The Kier molecular flexibility index (Phi) is 4.03. The van der Waals surface area contributed by atoms with Gasteiger partial charge < -0.3 is 0 Å². The molecular formula is C15H8Cl3NO2S. The van der Waals surface area contributed by atoms with Crippen LogP contribution in [0.3, 0.4) is 0 Å². The SMILES string of the molecule is O=S(=O)(c1ccc(Cl)cc1)c1cnc2c(Cl)cccc2c1Cl. The van der Waals surface area contributed by atoms with Gasteiger partial charge in [-0.3, -0.25) is 4.98 Å². The fraction of sp³-hybridized carbons (Fsp3) is 0. The van der Waals surface area contributed by atoms with Crippen LogP contribution in [-0.2, 0) is 9.84 Å². The van der Waals surface area contributed by atoms with E-state index in [-0.39, 0.29) is 14.8 Å². The third kappa shape index (κ3) is 2.57. The van der Waals surface area contributed by atoms with Gasteiger partial charge in [0.15, 0.2) is 0 Å². The smallest absolute Gasteiger partial charge is 0.209 e. The normalized spacial score (nSPS) is 11.8. The van der Waals surface area contributed by atoms with Crippen LogP contribution in [0.2, 0.25) is 15.1 Å². The van der Waals surface area contributed by atoms with Gasteiger partial charge in [-0.05, 0) is 30.3 Å². The van der Waals surface area contributed by atoms with Gasteiger partial charge in [0.05, 0.1) is 20.5 Å². The van der Waals surface area contributed by atoms with E-state index in [1.54, 1.807) is 18.2 Å². The maximum absolute atomic E-state index is 12.7. The Morgan fingerprint density at radius 3 is 2.27 bits per heavy atom. The van der Waals surface area contributed by atoms with Crippen LogP contribution in [0.4, 0.5) is 0 Å². The molecule has 2 aromatic carbocycles. The summed E-state index contributed by atoms with van der Waals surface area (Å²) in [6.45, 7) is 0. The van der Waals surface area contributed by atoms with E-state index >= 15 is 0 Å².